The number of aliphatic hydroxyl groups is 1. The van der Waals surface area contributed by atoms with Gasteiger partial charge in [-0.2, -0.15) is 0 Å². The largest absolute Gasteiger partial charge is 0.388 e. The Hall–Kier alpha value is -0.300. The summed E-state index contributed by atoms with van der Waals surface area (Å²) in [5.41, 5.74) is 0.762. The fraction of sp³-hybridized carbons (Fsp3) is 0.818. The molecule has 0 fully saturated rings. The summed E-state index contributed by atoms with van der Waals surface area (Å²) in [5, 5.41) is 10.4. The molecule has 1 rings (SSSR count). The molecule has 0 aromatic carbocycles. The highest BCUT2D eigenvalue weighted by atomic mass is 16.3. The minimum Gasteiger partial charge on any atom is -0.388 e. The third-order valence-electron chi connectivity index (χ3n) is 3.13. The van der Waals surface area contributed by atoms with Gasteiger partial charge in [0.2, 0.25) is 0 Å². The van der Waals surface area contributed by atoms with Gasteiger partial charge in [0.05, 0.1) is 5.60 Å². The van der Waals surface area contributed by atoms with Crippen molar-refractivity contribution in [1.82, 2.24) is 0 Å². The Bertz CT molecular complexity index is 210. The van der Waals surface area contributed by atoms with Gasteiger partial charge in [0.15, 0.2) is 0 Å². The minimum absolute atomic E-state index is 0.0271. The molecule has 0 saturated heterocycles. The van der Waals surface area contributed by atoms with Gasteiger partial charge in [-0.15, -0.1) is 0 Å². The molecule has 1 N–H and O–H groups in total. The maximum atomic E-state index is 10.4. The van der Waals surface area contributed by atoms with E-state index >= 15 is 0 Å². The lowest BCUT2D eigenvalue weighted by atomic mass is 9.70. The van der Waals surface area contributed by atoms with Crippen molar-refractivity contribution in [3.63, 3.8) is 0 Å². The second kappa shape index (κ2) is 2.59. The molecule has 1 heteroatoms. The van der Waals surface area contributed by atoms with Crippen LogP contribution in [0.3, 0.4) is 0 Å². The summed E-state index contributed by atoms with van der Waals surface area (Å²) >= 11 is 0. The summed E-state index contributed by atoms with van der Waals surface area (Å²) in [6, 6.07) is 0. The van der Waals surface area contributed by atoms with Crippen LogP contribution >= 0.6 is 0 Å². The van der Waals surface area contributed by atoms with E-state index in [1.54, 1.807) is 0 Å². The zero-order valence-electron chi connectivity index (χ0n) is 8.81. The molecule has 0 heterocycles. The SMILES string of the molecule is CC1=CC(C)C(O)(C(C)(C)C)C1. The fourth-order valence-electron chi connectivity index (χ4n) is 2.16. The monoisotopic (exact) mass is 168 g/mol. The van der Waals surface area contributed by atoms with Crippen molar-refractivity contribution in [3.05, 3.63) is 11.6 Å². The Morgan fingerprint density at radius 2 is 2.00 bits per heavy atom. The van der Waals surface area contributed by atoms with Crippen LogP contribution in [0.4, 0.5) is 0 Å². The molecule has 70 valence electrons. The molecule has 0 radical (unpaired) electrons. The van der Waals surface area contributed by atoms with Gasteiger partial charge in [0.1, 0.15) is 0 Å². The van der Waals surface area contributed by atoms with Crippen LogP contribution in [0.2, 0.25) is 0 Å². The van der Waals surface area contributed by atoms with E-state index in [0.29, 0.717) is 0 Å². The molecule has 0 aromatic heterocycles. The van der Waals surface area contributed by atoms with Gasteiger partial charge in [-0.25, -0.2) is 0 Å². The Labute approximate surface area is 75.5 Å². The highest BCUT2D eigenvalue weighted by Gasteiger charge is 2.46. The van der Waals surface area contributed by atoms with Crippen LogP contribution in [0.5, 0.6) is 0 Å². The second-order valence-electron chi connectivity index (χ2n) is 5.15. The van der Waals surface area contributed by atoms with Crippen molar-refractivity contribution in [2.45, 2.75) is 46.6 Å². The van der Waals surface area contributed by atoms with Crippen molar-refractivity contribution in [2.24, 2.45) is 11.3 Å². The quantitative estimate of drug-likeness (QED) is 0.551. The van der Waals surface area contributed by atoms with E-state index in [9.17, 15) is 5.11 Å². The van der Waals surface area contributed by atoms with E-state index in [1.165, 1.54) is 5.57 Å². The predicted molar refractivity (Wildman–Crippen MR) is 51.9 cm³/mol. The highest BCUT2D eigenvalue weighted by molar-refractivity contribution is 5.20. The van der Waals surface area contributed by atoms with E-state index in [4.69, 9.17) is 0 Å². The highest BCUT2D eigenvalue weighted by Crippen LogP contribution is 2.45. The van der Waals surface area contributed by atoms with Crippen LogP contribution in [0.15, 0.2) is 11.6 Å². The van der Waals surface area contributed by atoms with Gasteiger partial charge < -0.3 is 5.11 Å². The molecule has 12 heavy (non-hydrogen) atoms. The fourth-order valence-corrected chi connectivity index (χ4v) is 2.16. The molecule has 2 unspecified atom stereocenters. The zero-order valence-corrected chi connectivity index (χ0v) is 8.81. The first-order chi connectivity index (χ1) is 5.27. The lowest BCUT2D eigenvalue weighted by molar-refractivity contribution is -0.0770. The predicted octanol–water partition coefficient (Wildman–Crippen LogP) is 2.75. The third-order valence-corrected chi connectivity index (χ3v) is 3.13. The lowest BCUT2D eigenvalue weighted by Gasteiger charge is -2.41. The molecular formula is C11H20O. The molecule has 1 aliphatic carbocycles. The average Bonchev–Trinajstić information content (AvgIpc) is 2.06. The molecule has 0 aliphatic heterocycles. The first-order valence-corrected chi connectivity index (χ1v) is 4.67. The van der Waals surface area contributed by atoms with E-state index in [0.717, 1.165) is 6.42 Å². The maximum absolute atomic E-state index is 10.4. The summed E-state index contributed by atoms with van der Waals surface area (Å²) in [7, 11) is 0. The molecule has 0 spiro atoms. The summed E-state index contributed by atoms with van der Waals surface area (Å²) in [6.45, 7) is 10.5. The van der Waals surface area contributed by atoms with Crippen molar-refractivity contribution < 1.29 is 5.11 Å². The van der Waals surface area contributed by atoms with Crippen LogP contribution in [0.25, 0.3) is 0 Å². The topological polar surface area (TPSA) is 20.2 Å². The van der Waals surface area contributed by atoms with Gasteiger partial charge in [-0.1, -0.05) is 39.3 Å². The normalized spacial score (nSPS) is 36.8. The standard InChI is InChI=1S/C11H20O/c1-8-6-9(2)11(12,7-8)10(3,4)5/h6,9,12H,7H2,1-5H3. The number of rotatable bonds is 0. The minimum atomic E-state index is -0.531. The number of hydrogen-bond acceptors (Lipinski definition) is 1. The smallest absolute Gasteiger partial charge is 0.0792 e. The summed E-state index contributed by atoms with van der Waals surface area (Å²) in [6.07, 6.45) is 3.02. The summed E-state index contributed by atoms with van der Waals surface area (Å²) < 4.78 is 0. The Balaban J connectivity index is 2.91. The molecule has 0 aromatic rings. The van der Waals surface area contributed by atoms with Gasteiger partial charge in [-0.3, -0.25) is 0 Å². The first-order valence-electron chi connectivity index (χ1n) is 4.67. The van der Waals surface area contributed by atoms with Crippen LogP contribution in [0, 0.1) is 11.3 Å². The second-order valence-corrected chi connectivity index (χ2v) is 5.15. The summed E-state index contributed by atoms with van der Waals surface area (Å²) in [5.74, 6) is 0.289. The van der Waals surface area contributed by atoms with Gasteiger partial charge in [0, 0.05) is 5.92 Å². The van der Waals surface area contributed by atoms with Crippen LogP contribution in [-0.4, -0.2) is 10.7 Å². The lowest BCUT2D eigenvalue weighted by Crippen LogP contribution is -2.45. The van der Waals surface area contributed by atoms with Crippen molar-refractivity contribution in [1.29, 1.82) is 0 Å². The third kappa shape index (κ3) is 1.31. The Morgan fingerprint density at radius 3 is 2.17 bits per heavy atom. The van der Waals surface area contributed by atoms with Crippen LogP contribution in [0.1, 0.15) is 41.0 Å². The average molecular weight is 168 g/mol. The van der Waals surface area contributed by atoms with Gasteiger partial charge in [-0.05, 0) is 18.8 Å². The zero-order chi connectivity index (χ0) is 9.57. The molecular weight excluding hydrogens is 148 g/mol. The first kappa shape index (κ1) is 9.79. The van der Waals surface area contributed by atoms with E-state index in [1.807, 2.05) is 0 Å². The van der Waals surface area contributed by atoms with E-state index < -0.39 is 5.60 Å². The van der Waals surface area contributed by atoms with Crippen molar-refractivity contribution in [2.75, 3.05) is 0 Å². The van der Waals surface area contributed by atoms with Crippen molar-refractivity contribution >= 4 is 0 Å². The Kier molecular flexibility index (Phi) is 2.12. The van der Waals surface area contributed by atoms with Crippen LogP contribution in [-0.2, 0) is 0 Å². The molecule has 0 amide bonds. The molecule has 0 bridgehead atoms. The van der Waals surface area contributed by atoms with Gasteiger partial charge in [0.25, 0.3) is 0 Å². The van der Waals surface area contributed by atoms with E-state index in [2.05, 4.69) is 40.7 Å². The van der Waals surface area contributed by atoms with Gasteiger partial charge >= 0.3 is 0 Å². The molecule has 1 nitrogen and oxygen atoms in total. The summed E-state index contributed by atoms with van der Waals surface area (Å²) in [4.78, 5) is 0. The number of hydrogen-bond donors (Lipinski definition) is 1. The Morgan fingerprint density at radius 1 is 1.50 bits per heavy atom. The molecule has 1 aliphatic rings. The maximum Gasteiger partial charge on any atom is 0.0792 e. The van der Waals surface area contributed by atoms with Crippen molar-refractivity contribution in [3.8, 4) is 0 Å². The van der Waals surface area contributed by atoms with E-state index in [-0.39, 0.29) is 11.3 Å². The van der Waals surface area contributed by atoms with Crippen LogP contribution < -0.4 is 0 Å². The molecule has 0 saturated carbocycles. The molecule has 2 atom stereocenters.